The van der Waals surface area contributed by atoms with Gasteiger partial charge in [0.25, 0.3) is 0 Å². The number of hydrogen-bond acceptors (Lipinski definition) is 4. The summed E-state index contributed by atoms with van der Waals surface area (Å²) in [6, 6.07) is 4.43. The first-order valence-electron chi connectivity index (χ1n) is 11.0. The molecule has 3 heterocycles. The largest absolute Gasteiger partial charge is 0.490 e. The predicted molar refractivity (Wildman–Crippen MR) is 112 cm³/mol. The first-order chi connectivity index (χ1) is 15.2. The van der Waals surface area contributed by atoms with Crippen molar-refractivity contribution in [1.82, 2.24) is 19.2 Å². The summed E-state index contributed by atoms with van der Waals surface area (Å²) in [5.41, 5.74) is 2.73. The topological polar surface area (TPSA) is 72.5 Å². The molecule has 1 atom stereocenters. The third-order valence-corrected chi connectivity index (χ3v) is 5.66. The third-order valence-electron chi connectivity index (χ3n) is 5.66. The van der Waals surface area contributed by atoms with Crippen molar-refractivity contribution in [1.29, 1.82) is 0 Å². The van der Waals surface area contributed by atoms with Crippen LogP contribution in [0.3, 0.4) is 0 Å². The molecule has 1 saturated carbocycles. The first kappa shape index (κ1) is 24.3. The molecule has 0 bridgehead atoms. The minimum absolute atomic E-state index is 0.647. The minimum Gasteiger partial charge on any atom is -0.475 e. The van der Waals surface area contributed by atoms with Crippen molar-refractivity contribution in [2.45, 2.75) is 58.5 Å². The Morgan fingerprint density at radius 3 is 2.66 bits per heavy atom. The highest BCUT2D eigenvalue weighted by Crippen LogP contribution is 2.29. The summed E-state index contributed by atoms with van der Waals surface area (Å²) in [6.45, 7) is 9.18. The van der Waals surface area contributed by atoms with Crippen LogP contribution in [-0.2, 0) is 35.7 Å². The fourth-order valence-corrected chi connectivity index (χ4v) is 3.77. The Kier molecular flexibility index (Phi) is 8.36. The van der Waals surface area contributed by atoms with Gasteiger partial charge >= 0.3 is 12.1 Å². The van der Waals surface area contributed by atoms with Crippen LogP contribution in [0.5, 0.6) is 0 Å². The van der Waals surface area contributed by atoms with Gasteiger partial charge < -0.3 is 14.4 Å². The van der Waals surface area contributed by atoms with Crippen LogP contribution in [0.15, 0.2) is 30.7 Å². The highest BCUT2D eigenvalue weighted by atomic mass is 19.4. The molecule has 0 radical (unpaired) electrons. The van der Waals surface area contributed by atoms with E-state index in [1.54, 1.807) is 0 Å². The van der Waals surface area contributed by atoms with E-state index in [-0.39, 0.29) is 0 Å². The second-order valence-corrected chi connectivity index (χ2v) is 8.50. The smallest absolute Gasteiger partial charge is 0.475 e. The van der Waals surface area contributed by atoms with Crippen molar-refractivity contribution in [2.24, 2.45) is 11.8 Å². The number of ether oxygens (including phenoxy) is 1. The lowest BCUT2D eigenvalue weighted by molar-refractivity contribution is -0.192. The average molecular weight is 457 g/mol. The number of carboxylic acids is 1. The van der Waals surface area contributed by atoms with Crippen LogP contribution in [0.1, 0.15) is 37.4 Å². The maximum Gasteiger partial charge on any atom is 0.490 e. The molecule has 2 aromatic heterocycles. The summed E-state index contributed by atoms with van der Waals surface area (Å²) in [5, 5.41) is 11.5. The molecule has 1 N–H and O–H groups in total. The molecule has 4 rings (SSSR count). The van der Waals surface area contributed by atoms with Gasteiger partial charge in [-0.2, -0.15) is 18.3 Å². The Labute approximate surface area is 185 Å². The summed E-state index contributed by atoms with van der Waals surface area (Å²) < 4.78 is 42.1. The molecule has 10 heteroatoms. The quantitative estimate of drug-likeness (QED) is 0.612. The third kappa shape index (κ3) is 7.67. The van der Waals surface area contributed by atoms with E-state index in [0.29, 0.717) is 5.92 Å². The molecule has 32 heavy (non-hydrogen) atoms. The van der Waals surface area contributed by atoms with Crippen molar-refractivity contribution in [3.05, 3.63) is 42.0 Å². The van der Waals surface area contributed by atoms with Crippen LogP contribution in [-0.4, -0.2) is 56.3 Å². The van der Waals surface area contributed by atoms with Crippen LogP contribution < -0.4 is 0 Å². The van der Waals surface area contributed by atoms with Crippen LogP contribution in [0.2, 0.25) is 0 Å². The molecule has 2 aliphatic rings. The van der Waals surface area contributed by atoms with E-state index in [4.69, 9.17) is 14.6 Å². The maximum atomic E-state index is 10.6. The second-order valence-electron chi connectivity index (χ2n) is 8.50. The number of carboxylic acid groups (broad SMARTS) is 1. The van der Waals surface area contributed by atoms with Crippen molar-refractivity contribution in [3.8, 4) is 0 Å². The van der Waals surface area contributed by atoms with Gasteiger partial charge in [0.1, 0.15) is 0 Å². The number of halogens is 3. The molecule has 178 valence electrons. The molecule has 1 aliphatic heterocycles. The molecule has 0 amide bonds. The average Bonchev–Trinajstić information content (AvgIpc) is 3.34. The lowest BCUT2D eigenvalue weighted by atomic mass is 10.1. The number of nitrogens with zero attached hydrogens (tertiary/aromatic N) is 4. The van der Waals surface area contributed by atoms with Crippen LogP contribution in [0.25, 0.3) is 0 Å². The molecule has 1 unspecified atom stereocenters. The highest BCUT2D eigenvalue weighted by Gasteiger charge is 2.38. The van der Waals surface area contributed by atoms with E-state index in [0.717, 1.165) is 58.3 Å². The van der Waals surface area contributed by atoms with Gasteiger partial charge in [0.05, 0.1) is 6.20 Å². The number of aliphatic carboxylic acids is 1. The number of alkyl halides is 3. The standard InChI is InChI=1S/C20H30N4O.C2HF3O2/c1-2-24-14-19(10-21-24)12-22-11-18(7-9-25-16-17-5-6-17)13-23-8-3-4-20(23)15-22;3-2(4,5)1(6)7/h3-4,8,10,14,17-18H,2,5-7,9,11-13,15-16H2,1H3;(H,6,7). The summed E-state index contributed by atoms with van der Waals surface area (Å²) in [6.07, 6.45) is 5.23. The van der Waals surface area contributed by atoms with Gasteiger partial charge in [-0.25, -0.2) is 4.79 Å². The summed E-state index contributed by atoms with van der Waals surface area (Å²) in [7, 11) is 0. The molecule has 7 nitrogen and oxygen atoms in total. The van der Waals surface area contributed by atoms with Gasteiger partial charge in [0.2, 0.25) is 0 Å². The Bertz CT molecular complexity index is 861. The van der Waals surface area contributed by atoms with E-state index >= 15 is 0 Å². The Hall–Kier alpha value is -2.33. The summed E-state index contributed by atoms with van der Waals surface area (Å²) >= 11 is 0. The Morgan fingerprint density at radius 2 is 2.03 bits per heavy atom. The summed E-state index contributed by atoms with van der Waals surface area (Å²) in [4.78, 5) is 11.5. The summed E-state index contributed by atoms with van der Waals surface area (Å²) in [5.74, 6) is -1.25. The zero-order valence-electron chi connectivity index (χ0n) is 18.3. The number of hydrogen-bond donors (Lipinski definition) is 1. The maximum absolute atomic E-state index is 10.6. The minimum atomic E-state index is -5.08. The predicted octanol–water partition coefficient (Wildman–Crippen LogP) is 3.79. The zero-order chi connectivity index (χ0) is 23.1. The molecular weight excluding hydrogens is 425 g/mol. The SMILES string of the molecule is CCn1cc(CN2Cc3cccn3CC(CCOCC3CC3)C2)cn1.O=C(O)C(F)(F)F. The Balaban J connectivity index is 0.000000360. The Morgan fingerprint density at radius 1 is 1.28 bits per heavy atom. The van der Waals surface area contributed by atoms with Crippen LogP contribution in [0, 0.1) is 11.8 Å². The van der Waals surface area contributed by atoms with Crippen molar-refractivity contribution >= 4 is 5.97 Å². The van der Waals surface area contributed by atoms with Crippen molar-refractivity contribution < 1.29 is 27.8 Å². The van der Waals surface area contributed by atoms with Crippen LogP contribution in [0.4, 0.5) is 13.2 Å². The molecule has 2 aromatic rings. The lowest BCUT2D eigenvalue weighted by Gasteiger charge is -2.23. The number of aryl methyl sites for hydroxylation is 1. The lowest BCUT2D eigenvalue weighted by Crippen LogP contribution is -2.28. The van der Waals surface area contributed by atoms with E-state index in [2.05, 4.69) is 46.0 Å². The van der Waals surface area contributed by atoms with E-state index in [9.17, 15) is 13.2 Å². The fourth-order valence-electron chi connectivity index (χ4n) is 3.77. The van der Waals surface area contributed by atoms with Gasteiger partial charge in [0, 0.05) is 69.6 Å². The highest BCUT2D eigenvalue weighted by molar-refractivity contribution is 5.73. The van der Waals surface area contributed by atoms with Gasteiger partial charge in [-0.05, 0) is 50.2 Å². The number of aromatic nitrogens is 3. The molecule has 0 saturated heterocycles. The van der Waals surface area contributed by atoms with Crippen LogP contribution >= 0.6 is 0 Å². The van der Waals surface area contributed by atoms with E-state index in [1.807, 2.05) is 10.9 Å². The molecule has 0 aromatic carbocycles. The number of rotatable bonds is 8. The molecular formula is C22H31F3N4O3. The molecule has 1 fully saturated rings. The monoisotopic (exact) mass is 456 g/mol. The van der Waals surface area contributed by atoms with Gasteiger partial charge in [-0.15, -0.1) is 0 Å². The number of fused-ring (bicyclic) bond motifs is 1. The number of carbonyl (C=O) groups is 1. The van der Waals surface area contributed by atoms with E-state index in [1.165, 1.54) is 24.1 Å². The van der Waals surface area contributed by atoms with Crippen molar-refractivity contribution in [3.63, 3.8) is 0 Å². The fraction of sp³-hybridized carbons (Fsp3) is 0.636. The van der Waals surface area contributed by atoms with Gasteiger partial charge in [-0.1, -0.05) is 0 Å². The normalized spacial score (nSPS) is 19.1. The molecule has 0 spiro atoms. The first-order valence-corrected chi connectivity index (χ1v) is 11.0. The van der Waals surface area contributed by atoms with Gasteiger partial charge in [0.15, 0.2) is 0 Å². The zero-order valence-corrected chi connectivity index (χ0v) is 18.3. The van der Waals surface area contributed by atoms with Gasteiger partial charge in [-0.3, -0.25) is 9.58 Å². The molecule has 1 aliphatic carbocycles. The van der Waals surface area contributed by atoms with Crippen molar-refractivity contribution in [2.75, 3.05) is 19.8 Å². The second kappa shape index (κ2) is 11.0. The van der Waals surface area contributed by atoms with E-state index < -0.39 is 12.1 Å².